The van der Waals surface area contributed by atoms with Crippen LogP contribution in [0, 0.1) is 0 Å². The molecule has 2 heteroatoms. The summed E-state index contributed by atoms with van der Waals surface area (Å²) in [6.07, 6.45) is 1.12. The third kappa shape index (κ3) is 4.31. The van der Waals surface area contributed by atoms with Crippen molar-refractivity contribution >= 4 is 33.6 Å². The maximum Gasteiger partial charge on any atom is 0.0256 e. The van der Waals surface area contributed by atoms with Crippen molar-refractivity contribution in [3.63, 3.8) is 0 Å². The highest BCUT2D eigenvalue weighted by atomic mass is 32.2. The molecule has 0 aromatic heterocycles. The molecular formula is C4H8S2. The number of thiocarbonyl (C=S) groups is 1. The minimum absolute atomic E-state index is 1.12. The normalized spacial score (nSPS) is 10.8. The predicted molar refractivity (Wildman–Crippen MR) is 39.0 cm³/mol. The van der Waals surface area contributed by atoms with E-state index >= 15 is 0 Å². The molecule has 0 radical (unpaired) electrons. The average Bonchev–Trinajstić information content (AvgIpc) is 1.61. The number of hydrogen-bond acceptors (Lipinski definition) is 1. The lowest BCUT2D eigenvalue weighted by atomic mass is 10.6. The van der Waals surface area contributed by atoms with Crippen molar-refractivity contribution < 1.29 is 0 Å². The molecule has 0 fully saturated rings. The molecule has 0 spiro atoms. The van der Waals surface area contributed by atoms with Crippen molar-refractivity contribution in [1.29, 1.82) is 0 Å². The zero-order valence-electron chi connectivity index (χ0n) is 3.72. The smallest absolute Gasteiger partial charge is 0.0256 e. The molecule has 0 aliphatic carbocycles. The van der Waals surface area contributed by atoms with Crippen LogP contribution in [-0.2, 0) is 0 Å². The summed E-state index contributed by atoms with van der Waals surface area (Å²) < 4.78 is 1.71. The fraction of sp³-hybridized carbons (Fsp3) is 0.500. The Balaban J connectivity index is 2.94. The van der Waals surface area contributed by atoms with Gasteiger partial charge in [0, 0.05) is 4.70 Å². The molecular weight excluding hydrogens is 112 g/mol. The van der Waals surface area contributed by atoms with Gasteiger partial charge >= 0.3 is 0 Å². The molecule has 0 nitrogen and oxygen atoms in total. The first-order chi connectivity index (χ1) is 2.91. The van der Waals surface area contributed by atoms with Crippen molar-refractivity contribution in [2.45, 2.75) is 13.3 Å². The lowest BCUT2D eigenvalue weighted by molar-refractivity contribution is 1.35. The molecule has 0 saturated carbocycles. The standard InChI is InChI=1S/C4H8S2/c1-2-3-6-4-5/h3-4,6H,2H2,1H3. The van der Waals surface area contributed by atoms with Crippen molar-refractivity contribution in [2.75, 3.05) is 0 Å². The lowest BCUT2D eigenvalue weighted by Gasteiger charge is -1.67. The Bertz CT molecular complexity index is 56.6. The van der Waals surface area contributed by atoms with Crippen LogP contribution in [-0.4, -0.2) is 10.1 Å². The van der Waals surface area contributed by atoms with E-state index < -0.39 is 0 Å². The summed E-state index contributed by atoms with van der Waals surface area (Å²) in [4.78, 5) is 0. The highest BCUT2D eigenvalue weighted by Crippen LogP contribution is 1.76. The molecule has 0 rings (SSSR count). The summed E-state index contributed by atoms with van der Waals surface area (Å²) in [7, 11) is 0. The summed E-state index contributed by atoms with van der Waals surface area (Å²) in [6.45, 7) is 2.10. The monoisotopic (exact) mass is 120 g/mol. The molecule has 0 aromatic rings. The van der Waals surface area contributed by atoms with E-state index in [0.717, 1.165) is 6.42 Å². The van der Waals surface area contributed by atoms with Gasteiger partial charge in [-0.2, -0.15) is 11.4 Å². The highest BCUT2D eigenvalue weighted by molar-refractivity contribution is 8.19. The summed E-state index contributed by atoms with van der Waals surface area (Å²) in [5, 5.41) is 2.12. The molecule has 0 heterocycles. The van der Waals surface area contributed by atoms with E-state index in [1.807, 2.05) is 0 Å². The van der Waals surface area contributed by atoms with Gasteiger partial charge in [-0.3, -0.25) is 0 Å². The average molecular weight is 120 g/mol. The molecule has 0 amide bonds. The van der Waals surface area contributed by atoms with E-state index in [-0.39, 0.29) is 0 Å². The number of hydrogen-bond donors (Lipinski definition) is 1. The van der Waals surface area contributed by atoms with Crippen LogP contribution >= 0.6 is 23.6 Å². The predicted octanol–water partition coefficient (Wildman–Crippen LogP) is 1.62. The first-order valence-electron chi connectivity index (χ1n) is 1.87. The van der Waals surface area contributed by atoms with Gasteiger partial charge in [0.25, 0.3) is 0 Å². The highest BCUT2D eigenvalue weighted by Gasteiger charge is 1.55. The second-order valence-electron chi connectivity index (χ2n) is 0.845. The number of thiol groups is 1. The fourth-order valence-electron chi connectivity index (χ4n) is 0.148. The Morgan fingerprint density at radius 1 is 1.83 bits per heavy atom. The van der Waals surface area contributed by atoms with E-state index in [9.17, 15) is 0 Å². The van der Waals surface area contributed by atoms with E-state index in [0.29, 0.717) is 0 Å². The van der Waals surface area contributed by atoms with E-state index in [2.05, 4.69) is 24.5 Å². The van der Waals surface area contributed by atoms with Crippen molar-refractivity contribution in [3.05, 3.63) is 0 Å². The Morgan fingerprint density at radius 3 is 2.67 bits per heavy atom. The van der Waals surface area contributed by atoms with Crippen LogP contribution in [0.5, 0.6) is 0 Å². The van der Waals surface area contributed by atoms with Crippen LogP contribution in [0.3, 0.4) is 0 Å². The summed E-state index contributed by atoms with van der Waals surface area (Å²) in [5.74, 6) is 0. The first-order valence-corrected chi connectivity index (χ1v) is 3.37. The molecule has 36 valence electrons. The molecule has 0 bridgehead atoms. The van der Waals surface area contributed by atoms with Crippen LogP contribution in [0.2, 0.25) is 0 Å². The Kier molecular flexibility index (Phi) is 5.58. The maximum absolute atomic E-state index is 4.55. The molecule has 0 saturated heterocycles. The summed E-state index contributed by atoms with van der Waals surface area (Å²) >= 11 is 5.73. The van der Waals surface area contributed by atoms with Gasteiger partial charge in [0.1, 0.15) is 0 Å². The second-order valence-corrected chi connectivity index (χ2v) is 2.35. The molecule has 0 unspecified atom stereocenters. The van der Waals surface area contributed by atoms with Gasteiger partial charge in [-0.1, -0.05) is 24.5 Å². The zero-order chi connectivity index (χ0) is 4.83. The van der Waals surface area contributed by atoms with Gasteiger partial charge in [-0.25, -0.2) is 0 Å². The van der Waals surface area contributed by atoms with Gasteiger partial charge in [-0.05, 0) is 6.42 Å². The fourth-order valence-corrected chi connectivity index (χ4v) is 0.704. The number of rotatable bonds is 2. The van der Waals surface area contributed by atoms with E-state index in [1.165, 1.54) is 11.4 Å². The molecule has 0 aliphatic rings. The van der Waals surface area contributed by atoms with Gasteiger partial charge in [0.15, 0.2) is 0 Å². The zero-order valence-corrected chi connectivity index (χ0v) is 5.43. The van der Waals surface area contributed by atoms with Crippen LogP contribution < -0.4 is 0 Å². The maximum atomic E-state index is 4.55. The topological polar surface area (TPSA) is 0 Å². The van der Waals surface area contributed by atoms with Crippen molar-refractivity contribution in [3.8, 4) is 0 Å². The van der Waals surface area contributed by atoms with Crippen LogP contribution in [0.15, 0.2) is 0 Å². The quantitative estimate of drug-likeness (QED) is 0.427. The summed E-state index contributed by atoms with van der Waals surface area (Å²) in [6, 6.07) is 0. The van der Waals surface area contributed by atoms with Crippen LogP contribution in [0.4, 0.5) is 0 Å². The van der Waals surface area contributed by atoms with Gasteiger partial charge in [-0.15, -0.1) is 0 Å². The lowest BCUT2D eigenvalue weighted by Crippen LogP contribution is -1.56. The Labute approximate surface area is 47.5 Å². The third-order valence-electron chi connectivity index (χ3n) is 0.349. The molecule has 0 atom stereocenters. The largest absolute Gasteiger partial charge is 0.170 e. The summed E-state index contributed by atoms with van der Waals surface area (Å²) in [5.41, 5.74) is 0. The van der Waals surface area contributed by atoms with Gasteiger partial charge < -0.3 is 0 Å². The van der Waals surface area contributed by atoms with E-state index in [4.69, 9.17) is 0 Å². The van der Waals surface area contributed by atoms with Gasteiger partial charge in [0.05, 0.1) is 0 Å². The molecule has 6 heavy (non-hydrogen) atoms. The molecule has 0 aromatic carbocycles. The third-order valence-corrected chi connectivity index (χ3v) is 1.41. The van der Waals surface area contributed by atoms with Crippen molar-refractivity contribution in [1.82, 2.24) is 0 Å². The molecule has 0 aliphatic heterocycles. The second kappa shape index (κ2) is 5.31. The van der Waals surface area contributed by atoms with Crippen molar-refractivity contribution in [2.24, 2.45) is 0 Å². The van der Waals surface area contributed by atoms with Crippen LogP contribution in [0.25, 0.3) is 0 Å². The van der Waals surface area contributed by atoms with Crippen LogP contribution in [0.1, 0.15) is 13.3 Å². The van der Waals surface area contributed by atoms with Gasteiger partial charge in [0.2, 0.25) is 0 Å². The SMILES string of the molecule is CCC=[SH]C=S. The Morgan fingerprint density at radius 2 is 2.50 bits per heavy atom. The first kappa shape index (κ1) is 6.31. The minimum Gasteiger partial charge on any atom is -0.170 e. The Hall–Kier alpha value is 0.310. The minimum atomic E-state index is 1.12. The molecule has 0 N–H and O–H groups in total. The van der Waals surface area contributed by atoms with E-state index in [1.54, 1.807) is 4.70 Å².